The standard InChI is InChI=1S/C22H21FN2O4/c23-20-8-17(7-6-16(20)11-24)22(27)9-18-13-28-14-19(10-22)25(18)21(26)29-12-15-4-2-1-3-5-15/h1-8,18-19,27H,9-10,12-14H2. The molecule has 0 aliphatic carbocycles. The Labute approximate surface area is 168 Å². The smallest absolute Gasteiger partial charge is 0.410 e. The first-order valence-corrected chi connectivity index (χ1v) is 9.49. The Morgan fingerprint density at radius 3 is 2.55 bits per heavy atom. The first-order chi connectivity index (χ1) is 14.0. The molecule has 0 spiro atoms. The van der Waals surface area contributed by atoms with E-state index in [0.29, 0.717) is 5.56 Å². The molecule has 4 rings (SSSR count). The maximum atomic E-state index is 14.1. The van der Waals surface area contributed by atoms with Gasteiger partial charge in [0.15, 0.2) is 0 Å². The Bertz CT molecular complexity index is 930. The van der Waals surface area contributed by atoms with Crippen LogP contribution >= 0.6 is 0 Å². The van der Waals surface area contributed by atoms with Gasteiger partial charge in [-0.25, -0.2) is 9.18 Å². The zero-order chi connectivity index (χ0) is 20.4. The van der Waals surface area contributed by atoms with Gasteiger partial charge in [-0.05, 0) is 23.3 Å². The molecule has 2 aromatic carbocycles. The molecule has 0 saturated carbocycles. The zero-order valence-electron chi connectivity index (χ0n) is 15.8. The number of nitriles is 1. The molecule has 6 nitrogen and oxygen atoms in total. The van der Waals surface area contributed by atoms with Crippen molar-refractivity contribution in [2.24, 2.45) is 0 Å². The number of ether oxygens (including phenoxy) is 2. The third-order valence-corrected chi connectivity index (χ3v) is 5.60. The number of carbonyl (C=O) groups excluding carboxylic acids is 1. The van der Waals surface area contributed by atoms with Crippen molar-refractivity contribution in [1.29, 1.82) is 5.26 Å². The van der Waals surface area contributed by atoms with Crippen LogP contribution in [0.2, 0.25) is 0 Å². The van der Waals surface area contributed by atoms with Gasteiger partial charge in [-0.2, -0.15) is 5.26 Å². The molecule has 1 amide bonds. The van der Waals surface area contributed by atoms with Crippen molar-refractivity contribution in [3.63, 3.8) is 0 Å². The summed E-state index contributed by atoms with van der Waals surface area (Å²) in [4.78, 5) is 14.4. The van der Waals surface area contributed by atoms with E-state index in [1.54, 1.807) is 17.0 Å². The molecule has 7 heteroatoms. The van der Waals surface area contributed by atoms with Crippen molar-refractivity contribution in [3.8, 4) is 6.07 Å². The van der Waals surface area contributed by atoms with Gasteiger partial charge in [0, 0.05) is 12.8 Å². The molecular formula is C22H21FN2O4. The van der Waals surface area contributed by atoms with E-state index in [9.17, 15) is 14.3 Å². The molecule has 2 saturated heterocycles. The Morgan fingerprint density at radius 1 is 1.24 bits per heavy atom. The Morgan fingerprint density at radius 2 is 1.93 bits per heavy atom. The summed E-state index contributed by atoms with van der Waals surface area (Å²) < 4.78 is 25.2. The molecule has 2 aliphatic rings. The van der Waals surface area contributed by atoms with Crippen LogP contribution in [0.5, 0.6) is 0 Å². The summed E-state index contributed by atoms with van der Waals surface area (Å²) in [7, 11) is 0. The average Bonchev–Trinajstić information content (AvgIpc) is 2.72. The molecule has 1 N–H and O–H groups in total. The van der Waals surface area contributed by atoms with Gasteiger partial charge in [0.05, 0.1) is 36.5 Å². The number of hydrogen-bond acceptors (Lipinski definition) is 5. The van der Waals surface area contributed by atoms with Crippen LogP contribution in [0.4, 0.5) is 9.18 Å². The van der Waals surface area contributed by atoms with Crippen molar-refractivity contribution in [3.05, 3.63) is 71.0 Å². The summed E-state index contributed by atoms with van der Waals surface area (Å²) in [6, 6.07) is 14.6. The van der Waals surface area contributed by atoms with Crippen LogP contribution in [0.1, 0.15) is 29.5 Å². The molecular weight excluding hydrogens is 375 g/mol. The first-order valence-electron chi connectivity index (χ1n) is 9.49. The number of piperidine rings is 1. The van der Waals surface area contributed by atoms with E-state index >= 15 is 0 Å². The minimum absolute atomic E-state index is 0.0668. The van der Waals surface area contributed by atoms with Crippen molar-refractivity contribution in [2.45, 2.75) is 37.1 Å². The normalized spacial score (nSPS) is 25.9. The molecule has 2 unspecified atom stereocenters. The van der Waals surface area contributed by atoms with Crippen LogP contribution in [0, 0.1) is 17.1 Å². The SMILES string of the molecule is N#Cc1ccc(C2(O)CC3COCC(C2)N3C(=O)OCc2ccccc2)cc1F. The Balaban J connectivity index is 1.50. The zero-order valence-corrected chi connectivity index (χ0v) is 15.8. The second-order valence-electron chi connectivity index (χ2n) is 7.54. The quantitative estimate of drug-likeness (QED) is 0.862. The fourth-order valence-electron chi connectivity index (χ4n) is 4.20. The van der Waals surface area contributed by atoms with Crippen LogP contribution in [0.15, 0.2) is 48.5 Å². The van der Waals surface area contributed by atoms with Gasteiger partial charge in [-0.15, -0.1) is 0 Å². The number of aliphatic hydroxyl groups is 1. The molecule has 29 heavy (non-hydrogen) atoms. The van der Waals surface area contributed by atoms with Gasteiger partial charge in [-0.3, -0.25) is 4.90 Å². The van der Waals surface area contributed by atoms with Crippen molar-refractivity contribution < 1.29 is 23.8 Å². The summed E-state index contributed by atoms with van der Waals surface area (Å²) in [5, 5.41) is 20.2. The highest BCUT2D eigenvalue weighted by Crippen LogP contribution is 2.41. The van der Waals surface area contributed by atoms with E-state index in [0.717, 1.165) is 5.56 Å². The van der Waals surface area contributed by atoms with Gasteiger partial charge in [0.1, 0.15) is 18.5 Å². The number of carbonyl (C=O) groups is 1. The lowest BCUT2D eigenvalue weighted by molar-refractivity contribution is -0.137. The minimum Gasteiger partial charge on any atom is -0.445 e. The van der Waals surface area contributed by atoms with E-state index in [1.807, 2.05) is 30.3 Å². The van der Waals surface area contributed by atoms with Gasteiger partial charge in [0.2, 0.25) is 0 Å². The average molecular weight is 396 g/mol. The van der Waals surface area contributed by atoms with Crippen LogP contribution in [-0.4, -0.2) is 41.4 Å². The number of amides is 1. The first kappa shape index (κ1) is 19.4. The lowest BCUT2D eigenvalue weighted by Crippen LogP contribution is -2.62. The van der Waals surface area contributed by atoms with Crippen LogP contribution in [0.3, 0.4) is 0 Å². The minimum atomic E-state index is -1.30. The maximum absolute atomic E-state index is 14.1. The number of hydrogen-bond donors (Lipinski definition) is 1. The number of fused-ring (bicyclic) bond motifs is 2. The van der Waals surface area contributed by atoms with Gasteiger partial charge >= 0.3 is 6.09 Å². The number of benzene rings is 2. The summed E-state index contributed by atoms with van der Waals surface area (Å²) in [6.07, 6.45) is -0.0370. The molecule has 2 heterocycles. The number of nitrogens with zero attached hydrogens (tertiary/aromatic N) is 2. The van der Waals surface area contributed by atoms with Crippen molar-refractivity contribution >= 4 is 6.09 Å². The third kappa shape index (κ3) is 3.82. The highest BCUT2D eigenvalue weighted by Gasteiger charge is 2.49. The summed E-state index contributed by atoms with van der Waals surface area (Å²) in [5.74, 6) is -0.662. The molecule has 2 atom stereocenters. The van der Waals surface area contributed by atoms with Gasteiger partial charge in [-0.1, -0.05) is 36.4 Å². The predicted octanol–water partition coefficient (Wildman–Crippen LogP) is 3.08. The molecule has 2 aromatic rings. The molecule has 0 aromatic heterocycles. The number of rotatable bonds is 3. The highest BCUT2D eigenvalue weighted by molar-refractivity contribution is 5.69. The fourth-order valence-corrected chi connectivity index (χ4v) is 4.20. The van der Waals surface area contributed by atoms with E-state index < -0.39 is 17.5 Å². The molecule has 2 fully saturated rings. The fraction of sp³-hybridized carbons (Fsp3) is 0.364. The Kier molecular flexibility index (Phi) is 5.22. The van der Waals surface area contributed by atoms with E-state index in [-0.39, 0.29) is 50.3 Å². The van der Waals surface area contributed by atoms with E-state index in [1.165, 1.54) is 12.1 Å². The van der Waals surface area contributed by atoms with Gasteiger partial charge in [0.25, 0.3) is 0 Å². The molecule has 150 valence electrons. The van der Waals surface area contributed by atoms with Gasteiger partial charge < -0.3 is 14.6 Å². The summed E-state index contributed by atoms with van der Waals surface area (Å²) in [5.41, 5.74) is -0.0701. The van der Waals surface area contributed by atoms with Crippen LogP contribution in [0.25, 0.3) is 0 Å². The number of halogens is 1. The lowest BCUT2D eigenvalue weighted by Gasteiger charge is -2.51. The molecule has 0 radical (unpaired) electrons. The Hall–Kier alpha value is -2.95. The summed E-state index contributed by atoms with van der Waals surface area (Å²) >= 11 is 0. The van der Waals surface area contributed by atoms with Crippen molar-refractivity contribution in [1.82, 2.24) is 4.90 Å². The predicted molar refractivity (Wildman–Crippen MR) is 101 cm³/mol. The van der Waals surface area contributed by atoms with E-state index in [4.69, 9.17) is 14.7 Å². The summed E-state index contributed by atoms with van der Waals surface area (Å²) in [6.45, 7) is 0.720. The van der Waals surface area contributed by atoms with Crippen LogP contribution in [-0.2, 0) is 21.7 Å². The van der Waals surface area contributed by atoms with Crippen LogP contribution < -0.4 is 0 Å². The number of morpholine rings is 1. The molecule has 2 bridgehead atoms. The van der Waals surface area contributed by atoms with Crippen molar-refractivity contribution in [2.75, 3.05) is 13.2 Å². The second kappa shape index (κ2) is 7.82. The maximum Gasteiger partial charge on any atom is 0.410 e. The third-order valence-electron chi connectivity index (χ3n) is 5.60. The second-order valence-corrected chi connectivity index (χ2v) is 7.54. The van der Waals surface area contributed by atoms with E-state index in [2.05, 4.69) is 0 Å². The largest absolute Gasteiger partial charge is 0.445 e. The topological polar surface area (TPSA) is 82.8 Å². The molecule has 2 aliphatic heterocycles. The highest BCUT2D eigenvalue weighted by atomic mass is 19.1. The monoisotopic (exact) mass is 396 g/mol. The lowest BCUT2D eigenvalue weighted by atomic mass is 9.77.